The van der Waals surface area contributed by atoms with Crippen LogP contribution >= 0.6 is 0 Å². The first-order valence-corrected chi connectivity index (χ1v) is 14.2. The van der Waals surface area contributed by atoms with Crippen LogP contribution in [0.25, 0.3) is 0 Å². The molecule has 0 radical (unpaired) electrons. The van der Waals surface area contributed by atoms with Crippen LogP contribution in [0, 0.1) is 0 Å². The number of benzene rings is 1. The Bertz CT molecular complexity index is 843. The SMILES string of the molecule is CCCCCCCc1c(CCCCCCC)c(C(=O)O)c(C(=O)O)c(CCCCCCC)c1C(=O)O. The second-order valence-corrected chi connectivity index (χ2v) is 9.97. The minimum atomic E-state index is -1.35. The van der Waals surface area contributed by atoms with Crippen molar-refractivity contribution in [3.8, 4) is 0 Å². The Hall–Kier alpha value is -2.37. The number of carboxylic acids is 3. The molecule has 0 bridgehead atoms. The van der Waals surface area contributed by atoms with Crippen LogP contribution in [0.15, 0.2) is 0 Å². The van der Waals surface area contributed by atoms with E-state index in [2.05, 4.69) is 20.8 Å². The Morgan fingerprint density at radius 3 is 1.03 bits per heavy atom. The number of hydrogen-bond acceptors (Lipinski definition) is 3. The van der Waals surface area contributed by atoms with Gasteiger partial charge < -0.3 is 15.3 Å². The van der Waals surface area contributed by atoms with Gasteiger partial charge in [-0.25, -0.2) is 14.4 Å². The van der Waals surface area contributed by atoms with Crippen molar-refractivity contribution in [2.45, 2.75) is 136 Å². The van der Waals surface area contributed by atoms with Crippen LogP contribution in [-0.2, 0) is 19.3 Å². The lowest BCUT2D eigenvalue weighted by Crippen LogP contribution is -2.22. The summed E-state index contributed by atoms with van der Waals surface area (Å²) < 4.78 is 0. The quantitative estimate of drug-likeness (QED) is 0.145. The van der Waals surface area contributed by atoms with Crippen LogP contribution in [-0.4, -0.2) is 33.2 Å². The van der Waals surface area contributed by atoms with Crippen molar-refractivity contribution >= 4 is 17.9 Å². The zero-order valence-electron chi connectivity index (χ0n) is 22.8. The Labute approximate surface area is 217 Å². The van der Waals surface area contributed by atoms with Crippen molar-refractivity contribution in [2.24, 2.45) is 0 Å². The van der Waals surface area contributed by atoms with E-state index >= 15 is 0 Å². The van der Waals surface area contributed by atoms with Crippen molar-refractivity contribution < 1.29 is 29.7 Å². The smallest absolute Gasteiger partial charge is 0.336 e. The van der Waals surface area contributed by atoms with E-state index in [0.717, 1.165) is 89.9 Å². The maximum absolute atomic E-state index is 12.6. The highest BCUT2D eigenvalue weighted by molar-refractivity contribution is 6.07. The Morgan fingerprint density at radius 2 is 0.694 bits per heavy atom. The second-order valence-electron chi connectivity index (χ2n) is 9.97. The van der Waals surface area contributed by atoms with Gasteiger partial charge in [-0.05, 0) is 55.2 Å². The monoisotopic (exact) mass is 504 g/mol. The highest BCUT2D eigenvalue weighted by Gasteiger charge is 2.32. The molecule has 36 heavy (non-hydrogen) atoms. The molecule has 0 saturated carbocycles. The van der Waals surface area contributed by atoms with E-state index in [9.17, 15) is 29.7 Å². The van der Waals surface area contributed by atoms with E-state index < -0.39 is 17.9 Å². The average Bonchev–Trinajstić information content (AvgIpc) is 2.83. The maximum atomic E-state index is 12.6. The molecule has 0 amide bonds. The summed E-state index contributed by atoms with van der Waals surface area (Å²) in [4.78, 5) is 37.5. The molecule has 0 saturated heterocycles. The molecule has 0 fully saturated rings. The van der Waals surface area contributed by atoms with Crippen LogP contribution in [0.2, 0.25) is 0 Å². The van der Waals surface area contributed by atoms with Crippen molar-refractivity contribution in [3.63, 3.8) is 0 Å². The third kappa shape index (κ3) is 9.94. The summed E-state index contributed by atoms with van der Waals surface area (Å²) in [5.74, 6) is -3.76. The molecule has 6 nitrogen and oxygen atoms in total. The topological polar surface area (TPSA) is 112 Å². The van der Waals surface area contributed by atoms with Gasteiger partial charge in [-0.2, -0.15) is 0 Å². The Balaban J connectivity index is 3.60. The van der Waals surface area contributed by atoms with Gasteiger partial charge in [0.25, 0.3) is 0 Å². The molecule has 0 aliphatic heterocycles. The number of carboxylic acid groups (broad SMARTS) is 3. The van der Waals surface area contributed by atoms with Crippen LogP contribution in [0.3, 0.4) is 0 Å². The number of hydrogen-bond donors (Lipinski definition) is 3. The van der Waals surface area contributed by atoms with Crippen LogP contribution in [0.4, 0.5) is 0 Å². The molecule has 0 spiro atoms. The molecular weight excluding hydrogens is 456 g/mol. The Morgan fingerprint density at radius 1 is 0.417 bits per heavy atom. The van der Waals surface area contributed by atoms with E-state index in [0.29, 0.717) is 30.4 Å². The van der Waals surface area contributed by atoms with Crippen LogP contribution in [0.1, 0.15) is 165 Å². The van der Waals surface area contributed by atoms with Gasteiger partial charge in [-0.15, -0.1) is 0 Å². The van der Waals surface area contributed by atoms with Crippen molar-refractivity contribution in [2.75, 3.05) is 0 Å². The van der Waals surface area contributed by atoms with E-state index in [4.69, 9.17) is 0 Å². The fraction of sp³-hybridized carbons (Fsp3) is 0.700. The first kappa shape index (κ1) is 31.7. The molecule has 1 aromatic carbocycles. The fourth-order valence-electron chi connectivity index (χ4n) is 5.16. The molecule has 204 valence electrons. The number of unbranched alkanes of at least 4 members (excludes halogenated alkanes) is 12. The summed E-state index contributed by atoms with van der Waals surface area (Å²) in [6.45, 7) is 6.37. The lowest BCUT2D eigenvalue weighted by Gasteiger charge is -2.22. The van der Waals surface area contributed by atoms with Crippen molar-refractivity contribution in [3.05, 3.63) is 33.4 Å². The minimum absolute atomic E-state index is 0.0481. The van der Waals surface area contributed by atoms with E-state index in [1.54, 1.807) is 0 Å². The fourth-order valence-corrected chi connectivity index (χ4v) is 5.16. The number of carbonyl (C=O) groups is 3. The zero-order valence-corrected chi connectivity index (χ0v) is 22.8. The van der Waals surface area contributed by atoms with Crippen LogP contribution < -0.4 is 0 Å². The lowest BCUT2D eigenvalue weighted by atomic mass is 9.80. The van der Waals surface area contributed by atoms with E-state index in [1.165, 1.54) is 0 Å². The number of rotatable bonds is 21. The summed E-state index contributed by atoms with van der Waals surface area (Å²) in [6, 6.07) is 0. The highest BCUT2D eigenvalue weighted by Crippen LogP contribution is 2.33. The largest absolute Gasteiger partial charge is 0.478 e. The molecule has 0 unspecified atom stereocenters. The van der Waals surface area contributed by atoms with E-state index in [-0.39, 0.29) is 28.7 Å². The molecule has 0 atom stereocenters. The zero-order chi connectivity index (χ0) is 26.9. The van der Waals surface area contributed by atoms with Gasteiger partial charge in [0.1, 0.15) is 0 Å². The van der Waals surface area contributed by atoms with Gasteiger partial charge in [0.15, 0.2) is 0 Å². The summed E-state index contributed by atoms with van der Waals surface area (Å²) >= 11 is 0. The second kappa shape index (κ2) is 18.0. The third-order valence-corrected chi connectivity index (χ3v) is 7.05. The summed E-state index contributed by atoms with van der Waals surface area (Å²) in [5.41, 5.74) is 0.734. The van der Waals surface area contributed by atoms with Crippen molar-refractivity contribution in [1.29, 1.82) is 0 Å². The van der Waals surface area contributed by atoms with E-state index in [1.807, 2.05) is 0 Å². The average molecular weight is 505 g/mol. The van der Waals surface area contributed by atoms with Gasteiger partial charge in [0, 0.05) is 0 Å². The molecule has 6 heteroatoms. The highest BCUT2D eigenvalue weighted by atomic mass is 16.4. The summed E-state index contributed by atoms with van der Waals surface area (Å²) in [7, 11) is 0. The van der Waals surface area contributed by atoms with Gasteiger partial charge >= 0.3 is 17.9 Å². The number of aromatic carboxylic acids is 3. The van der Waals surface area contributed by atoms with Gasteiger partial charge in [0.05, 0.1) is 16.7 Å². The first-order valence-electron chi connectivity index (χ1n) is 14.2. The molecule has 1 aromatic rings. The molecular formula is C30H48O6. The molecule has 3 N–H and O–H groups in total. The first-order chi connectivity index (χ1) is 17.3. The van der Waals surface area contributed by atoms with Gasteiger partial charge in [-0.1, -0.05) is 97.8 Å². The Kier molecular flexibility index (Phi) is 15.8. The maximum Gasteiger partial charge on any atom is 0.336 e. The van der Waals surface area contributed by atoms with Gasteiger partial charge in [0.2, 0.25) is 0 Å². The standard InChI is InChI=1S/C30H48O6/c1-4-7-10-13-16-19-22-23(20-17-14-11-8-5-2)26(29(33)34)27(30(35)36)24(25(22)28(31)32)21-18-15-12-9-6-3/h4-21H2,1-3H3,(H,31,32)(H,33,34)(H,35,36). The summed E-state index contributed by atoms with van der Waals surface area (Å²) in [5, 5.41) is 30.6. The molecule has 0 aliphatic carbocycles. The molecule has 0 aromatic heterocycles. The summed E-state index contributed by atoms with van der Waals surface area (Å²) in [6.07, 6.45) is 15.6. The molecule has 0 heterocycles. The normalized spacial score (nSPS) is 11.1. The molecule has 1 rings (SSSR count). The third-order valence-electron chi connectivity index (χ3n) is 7.05. The van der Waals surface area contributed by atoms with Gasteiger partial charge in [-0.3, -0.25) is 0 Å². The molecule has 0 aliphatic rings. The van der Waals surface area contributed by atoms with Crippen molar-refractivity contribution in [1.82, 2.24) is 0 Å². The minimum Gasteiger partial charge on any atom is -0.478 e. The van der Waals surface area contributed by atoms with Crippen LogP contribution in [0.5, 0.6) is 0 Å². The predicted octanol–water partition coefficient (Wildman–Crippen LogP) is 8.32. The lowest BCUT2D eigenvalue weighted by molar-refractivity contribution is 0.0646. The predicted molar refractivity (Wildman–Crippen MR) is 145 cm³/mol.